The Bertz CT molecular complexity index is 503. The second-order valence-electron chi connectivity index (χ2n) is 4.40. The molecule has 2 atom stereocenters. The van der Waals surface area contributed by atoms with Gasteiger partial charge in [-0.25, -0.2) is 4.79 Å². The van der Waals surface area contributed by atoms with Gasteiger partial charge in [0.2, 0.25) is 0 Å². The Kier molecular flexibility index (Phi) is 4.14. The van der Waals surface area contributed by atoms with Crippen molar-refractivity contribution in [1.29, 1.82) is 0 Å². The lowest BCUT2D eigenvalue weighted by Gasteiger charge is -2.26. The van der Waals surface area contributed by atoms with E-state index in [1.165, 1.54) is 0 Å². The van der Waals surface area contributed by atoms with Crippen LogP contribution in [0.25, 0.3) is 0 Å². The number of rotatable bonds is 4. The number of carbonyl (C=O) groups is 1. The Labute approximate surface area is 112 Å². The standard InChI is InChI=1S/C14H18N2O3/c1-4-10-13(11-7-6-8-19-11)12(9(3)15-16-10)14(17)18-5-2/h6-8,10,13H,4-5H2,1-3H3. The van der Waals surface area contributed by atoms with Gasteiger partial charge in [0.05, 0.1) is 36.1 Å². The summed E-state index contributed by atoms with van der Waals surface area (Å²) in [7, 11) is 0. The summed E-state index contributed by atoms with van der Waals surface area (Å²) >= 11 is 0. The van der Waals surface area contributed by atoms with Crippen LogP contribution in [-0.2, 0) is 9.53 Å². The summed E-state index contributed by atoms with van der Waals surface area (Å²) in [6.07, 6.45) is 2.39. The molecule has 1 aliphatic heterocycles. The molecule has 0 aliphatic carbocycles. The zero-order valence-corrected chi connectivity index (χ0v) is 11.4. The zero-order chi connectivity index (χ0) is 13.8. The molecule has 0 bridgehead atoms. The second kappa shape index (κ2) is 5.82. The van der Waals surface area contributed by atoms with E-state index in [1.54, 1.807) is 20.1 Å². The highest BCUT2D eigenvalue weighted by Crippen LogP contribution is 2.38. The predicted molar refractivity (Wildman–Crippen MR) is 69.7 cm³/mol. The van der Waals surface area contributed by atoms with Crippen LogP contribution in [0.4, 0.5) is 0 Å². The molecule has 5 nitrogen and oxygen atoms in total. The molecule has 1 aromatic rings. The van der Waals surface area contributed by atoms with Gasteiger partial charge in [-0.15, -0.1) is 0 Å². The molecule has 1 aromatic heterocycles. The average Bonchev–Trinajstić information content (AvgIpc) is 2.92. The number of carbonyl (C=O) groups excluding carboxylic acids is 1. The van der Waals surface area contributed by atoms with Crippen LogP contribution in [-0.4, -0.2) is 18.6 Å². The molecule has 2 heterocycles. The molecular weight excluding hydrogens is 244 g/mol. The molecule has 1 aliphatic rings. The minimum absolute atomic E-state index is 0.0887. The highest BCUT2D eigenvalue weighted by atomic mass is 16.5. The third-order valence-electron chi connectivity index (χ3n) is 3.20. The van der Waals surface area contributed by atoms with E-state index < -0.39 is 0 Å². The number of nitrogens with zero attached hydrogens (tertiary/aromatic N) is 2. The fraction of sp³-hybridized carbons (Fsp3) is 0.500. The molecule has 5 heteroatoms. The minimum atomic E-state index is -0.335. The topological polar surface area (TPSA) is 64.2 Å². The first-order chi connectivity index (χ1) is 9.19. The molecule has 0 fully saturated rings. The number of ether oxygens (including phenoxy) is 1. The van der Waals surface area contributed by atoms with Crippen molar-refractivity contribution < 1.29 is 13.9 Å². The van der Waals surface area contributed by atoms with Crippen molar-refractivity contribution in [3.05, 3.63) is 35.4 Å². The molecular formula is C14H18N2O3. The first kappa shape index (κ1) is 13.5. The van der Waals surface area contributed by atoms with Crippen molar-refractivity contribution in [3.8, 4) is 0 Å². The molecule has 0 saturated heterocycles. The van der Waals surface area contributed by atoms with Gasteiger partial charge in [0.15, 0.2) is 0 Å². The SMILES string of the molecule is CCOC(=O)C1=C(C)N=NC(CC)C1c1ccco1. The first-order valence-corrected chi connectivity index (χ1v) is 6.51. The summed E-state index contributed by atoms with van der Waals surface area (Å²) in [5.41, 5.74) is 1.16. The fourth-order valence-corrected chi connectivity index (χ4v) is 2.30. The van der Waals surface area contributed by atoms with Crippen molar-refractivity contribution >= 4 is 5.97 Å². The Morgan fingerprint density at radius 3 is 2.84 bits per heavy atom. The number of allylic oxidation sites excluding steroid dienone is 1. The third kappa shape index (κ3) is 2.59. The van der Waals surface area contributed by atoms with Crippen molar-refractivity contribution in [3.63, 3.8) is 0 Å². The zero-order valence-electron chi connectivity index (χ0n) is 11.4. The normalized spacial score (nSPS) is 22.7. The molecule has 0 aromatic carbocycles. The van der Waals surface area contributed by atoms with Crippen LogP contribution < -0.4 is 0 Å². The van der Waals surface area contributed by atoms with Crippen LogP contribution in [0.1, 0.15) is 38.9 Å². The highest BCUT2D eigenvalue weighted by Gasteiger charge is 2.36. The summed E-state index contributed by atoms with van der Waals surface area (Å²) in [6.45, 7) is 5.92. The average molecular weight is 262 g/mol. The largest absolute Gasteiger partial charge is 0.469 e. The van der Waals surface area contributed by atoms with Gasteiger partial charge >= 0.3 is 5.97 Å². The van der Waals surface area contributed by atoms with Crippen LogP contribution in [0.5, 0.6) is 0 Å². The Morgan fingerprint density at radius 1 is 1.47 bits per heavy atom. The lowest BCUT2D eigenvalue weighted by atomic mass is 9.86. The number of hydrogen-bond donors (Lipinski definition) is 0. The summed E-state index contributed by atoms with van der Waals surface area (Å²) in [6, 6.07) is 3.58. The van der Waals surface area contributed by atoms with E-state index in [-0.39, 0.29) is 17.9 Å². The maximum absolute atomic E-state index is 12.2. The Morgan fingerprint density at radius 2 is 2.26 bits per heavy atom. The molecule has 0 radical (unpaired) electrons. The van der Waals surface area contributed by atoms with Crippen LogP contribution in [0.2, 0.25) is 0 Å². The molecule has 2 rings (SSSR count). The van der Waals surface area contributed by atoms with E-state index >= 15 is 0 Å². The quantitative estimate of drug-likeness (QED) is 0.781. The number of esters is 1. The smallest absolute Gasteiger partial charge is 0.336 e. The van der Waals surface area contributed by atoms with Gasteiger partial charge in [0, 0.05) is 0 Å². The monoisotopic (exact) mass is 262 g/mol. The van der Waals surface area contributed by atoms with E-state index in [4.69, 9.17) is 9.15 Å². The Balaban J connectivity index is 2.43. The second-order valence-corrected chi connectivity index (χ2v) is 4.40. The molecule has 0 N–H and O–H groups in total. The number of azo groups is 1. The van der Waals surface area contributed by atoms with Crippen LogP contribution in [0.15, 0.2) is 44.3 Å². The minimum Gasteiger partial charge on any atom is -0.469 e. The fourth-order valence-electron chi connectivity index (χ4n) is 2.30. The van der Waals surface area contributed by atoms with E-state index in [0.29, 0.717) is 17.9 Å². The highest BCUT2D eigenvalue weighted by molar-refractivity contribution is 5.91. The van der Waals surface area contributed by atoms with Gasteiger partial charge in [-0.3, -0.25) is 0 Å². The lowest BCUT2D eigenvalue weighted by molar-refractivity contribution is -0.139. The summed E-state index contributed by atoms with van der Waals surface area (Å²) in [4.78, 5) is 12.2. The maximum atomic E-state index is 12.2. The van der Waals surface area contributed by atoms with Crippen LogP contribution in [0.3, 0.4) is 0 Å². The summed E-state index contributed by atoms with van der Waals surface area (Å²) < 4.78 is 10.6. The third-order valence-corrected chi connectivity index (χ3v) is 3.20. The lowest BCUT2D eigenvalue weighted by Crippen LogP contribution is -2.26. The van der Waals surface area contributed by atoms with Gasteiger partial charge in [-0.2, -0.15) is 10.2 Å². The number of furan rings is 1. The first-order valence-electron chi connectivity index (χ1n) is 6.51. The van der Waals surface area contributed by atoms with Crippen LogP contribution >= 0.6 is 0 Å². The van der Waals surface area contributed by atoms with Crippen molar-refractivity contribution in [2.75, 3.05) is 6.61 Å². The van der Waals surface area contributed by atoms with Gasteiger partial charge in [-0.05, 0) is 32.4 Å². The molecule has 19 heavy (non-hydrogen) atoms. The molecule has 102 valence electrons. The molecule has 0 saturated carbocycles. The molecule has 0 spiro atoms. The maximum Gasteiger partial charge on any atom is 0.336 e. The molecule has 2 unspecified atom stereocenters. The van der Waals surface area contributed by atoms with Gasteiger partial charge in [0.1, 0.15) is 5.76 Å². The summed E-state index contributed by atoms with van der Waals surface area (Å²) in [5.74, 6) is 0.183. The molecule has 0 amide bonds. The number of hydrogen-bond acceptors (Lipinski definition) is 5. The van der Waals surface area contributed by atoms with E-state index in [1.807, 2.05) is 19.1 Å². The van der Waals surface area contributed by atoms with E-state index in [2.05, 4.69) is 10.2 Å². The van der Waals surface area contributed by atoms with E-state index in [9.17, 15) is 4.79 Å². The Hall–Kier alpha value is -1.91. The van der Waals surface area contributed by atoms with Crippen molar-refractivity contribution in [1.82, 2.24) is 0 Å². The summed E-state index contributed by atoms with van der Waals surface area (Å²) in [5, 5.41) is 8.35. The van der Waals surface area contributed by atoms with Crippen molar-refractivity contribution in [2.45, 2.75) is 39.2 Å². The predicted octanol–water partition coefficient (Wildman–Crippen LogP) is 3.44. The van der Waals surface area contributed by atoms with Crippen LogP contribution in [0, 0.1) is 0 Å². The van der Waals surface area contributed by atoms with E-state index in [0.717, 1.165) is 12.2 Å². The van der Waals surface area contributed by atoms with Gasteiger partial charge in [0.25, 0.3) is 0 Å². The van der Waals surface area contributed by atoms with Gasteiger partial charge < -0.3 is 9.15 Å². The van der Waals surface area contributed by atoms with Crippen molar-refractivity contribution in [2.24, 2.45) is 10.2 Å². The van der Waals surface area contributed by atoms with Gasteiger partial charge in [-0.1, -0.05) is 6.92 Å².